The minimum atomic E-state index is -0.597. The summed E-state index contributed by atoms with van der Waals surface area (Å²) in [4.78, 5) is 36.3. The first-order valence-corrected chi connectivity index (χ1v) is 11.2. The molecule has 5 aromatic rings. The van der Waals surface area contributed by atoms with Crippen LogP contribution in [0.15, 0.2) is 70.1 Å². The van der Waals surface area contributed by atoms with Crippen molar-refractivity contribution in [2.45, 2.75) is 13.1 Å². The zero-order valence-electron chi connectivity index (χ0n) is 17.4. The Balaban J connectivity index is 1.58. The molecule has 0 bridgehead atoms. The molecular formula is C23H17ClN4O4S. The number of carbonyl (C=O) groups excluding carboxylic acids is 1. The molecule has 0 saturated carbocycles. The van der Waals surface area contributed by atoms with Crippen LogP contribution in [-0.2, 0) is 17.9 Å². The first-order valence-electron chi connectivity index (χ1n) is 9.96. The number of aromatic nitrogens is 3. The third kappa shape index (κ3) is 3.96. The number of nitrogens with zero attached hydrogens (tertiary/aromatic N) is 4. The largest absolute Gasteiger partial charge is 0.494 e. The average molecular weight is 481 g/mol. The lowest BCUT2D eigenvalue weighted by molar-refractivity contribution is -0.119. The van der Waals surface area contributed by atoms with Crippen LogP contribution in [0.4, 0.5) is 5.13 Å². The number of hydrogen-bond acceptors (Lipinski definition) is 7. The molecule has 2 aromatic carbocycles. The van der Waals surface area contributed by atoms with Crippen LogP contribution < -0.4 is 15.4 Å². The van der Waals surface area contributed by atoms with Crippen molar-refractivity contribution in [3.63, 3.8) is 0 Å². The summed E-state index contributed by atoms with van der Waals surface area (Å²) in [6.45, 7) is 0.00780. The molecular weight excluding hydrogens is 464 g/mol. The number of thiazole rings is 1. The Kier molecular flexibility index (Phi) is 5.57. The molecule has 3 aromatic heterocycles. The van der Waals surface area contributed by atoms with Crippen molar-refractivity contribution in [2.75, 3.05) is 12.0 Å². The van der Waals surface area contributed by atoms with E-state index in [2.05, 4.69) is 9.97 Å². The van der Waals surface area contributed by atoms with Gasteiger partial charge in [-0.25, -0.2) is 9.78 Å². The SMILES string of the molecule is COc1ccc(Cl)c2sc(N(Cc3cccnc3)C(=O)Cn3c(=O)oc4ccccc43)nc12. The third-order valence-corrected chi connectivity index (χ3v) is 6.67. The second kappa shape index (κ2) is 8.68. The summed E-state index contributed by atoms with van der Waals surface area (Å²) in [5.41, 5.74) is 2.35. The monoisotopic (exact) mass is 480 g/mol. The summed E-state index contributed by atoms with van der Waals surface area (Å²) < 4.78 is 12.7. The molecule has 0 radical (unpaired) electrons. The van der Waals surface area contributed by atoms with Crippen molar-refractivity contribution in [3.8, 4) is 5.75 Å². The fourth-order valence-corrected chi connectivity index (χ4v) is 4.82. The standard InChI is InChI=1S/C23H17ClN4O4S/c1-31-18-9-8-15(24)21-20(18)26-22(33-21)28(12-14-5-4-10-25-11-14)19(29)13-27-16-6-2-3-7-17(16)32-23(27)30/h2-11H,12-13H2,1H3. The number of hydrogen-bond donors (Lipinski definition) is 0. The van der Waals surface area contributed by atoms with Gasteiger partial charge in [-0.3, -0.25) is 19.2 Å². The van der Waals surface area contributed by atoms with Crippen molar-refractivity contribution in [1.82, 2.24) is 14.5 Å². The van der Waals surface area contributed by atoms with Crippen LogP contribution in [0, 0.1) is 0 Å². The fraction of sp³-hybridized carbons (Fsp3) is 0.130. The summed E-state index contributed by atoms with van der Waals surface area (Å²) >= 11 is 7.67. The topological polar surface area (TPSA) is 90.5 Å². The first kappa shape index (κ1) is 21.2. The highest BCUT2D eigenvalue weighted by Crippen LogP contribution is 2.39. The van der Waals surface area contributed by atoms with E-state index in [1.807, 2.05) is 6.07 Å². The Morgan fingerprint density at radius 2 is 2.06 bits per heavy atom. The maximum atomic E-state index is 13.5. The number of methoxy groups -OCH3 is 1. The van der Waals surface area contributed by atoms with Crippen LogP contribution in [0.5, 0.6) is 5.75 Å². The van der Waals surface area contributed by atoms with Gasteiger partial charge in [-0.1, -0.05) is 41.1 Å². The quantitative estimate of drug-likeness (QED) is 0.355. The van der Waals surface area contributed by atoms with Crippen LogP contribution in [0.25, 0.3) is 21.3 Å². The lowest BCUT2D eigenvalue weighted by Gasteiger charge is -2.20. The molecule has 0 spiro atoms. The predicted molar refractivity (Wildman–Crippen MR) is 127 cm³/mol. The summed E-state index contributed by atoms with van der Waals surface area (Å²) in [6.07, 6.45) is 3.34. The summed E-state index contributed by atoms with van der Waals surface area (Å²) in [5, 5.41) is 0.950. The lowest BCUT2D eigenvalue weighted by Crippen LogP contribution is -2.35. The smallest absolute Gasteiger partial charge is 0.420 e. The predicted octanol–water partition coefficient (Wildman–Crippen LogP) is 4.49. The second-order valence-corrected chi connectivity index (χ2v) is 8.57. The van der Waals surface area contributed by atoms with Gasteiger partial charge in [0.25, 0.3) is 0 Å². The zero-order chi connectivity index (χ0) is 22.9. The number of para-hydroxylation sites is 2. The normalized spacial score (nSPS) is 11.2. The second-order valence-electron chi connectivity index (χ2n) is 7.19. The number of benzene rings is 2. The summed E-state index contributed by atoms with van der Waals surface area (Å²) in [7, 11) is 1.55. The molecule has 10 heteroatoms. The van der Waals surface area contributed by atoms with Gasteiger partial charge in [-0.2, -0.15) is 0 Å². The van der Waals surface area contributed by atoms with Gasteiger partial charge in [0.2, 0.25) is 5.91 Å². The highest BCUT2D eigenvalue weighted by atomic mass is 35.5. The van der Waals surface area contributed by atoms with Crippen LogP contribution in [0.3, 0.4) is 0 Å². The minimum absolute atomic E-state index is 0.211. The molecule has 166 valence electrons. The van der Waals surface area contributed by atoms with Crippen molar-refractivity contribution >= 4 is 55.3 Å². The number of fused-ring (bicyclic) bond motifs is 2. The molecule has 33 heavy (non-hydrogen) atoms. The van der Waals surface area contributed by atoms with E-state index in [0.717, 1.165) is 5.56 Å². The van der Waals surface area contributed by atoms with Crippen LogP contribution in [0.2, 0.25) is 5.02 Å². The maximum absolute atomic E-state index is 13.5. The molecule has 0 aliphatic heterocycles. The van der Waals surface area contributed by atoms with E-state index in [4.69, 9.17) is 20.8 Å². The number of ether oxygens (including phenoxy) is 1. The Bertz CT molecular complexity index is 1530. The molecule has 0 N–H and O–H groups in total. The van der Waals surface area contributed by atoms with E-state index in [1.165, 1.54) is 20.8 Å². The van der Waals surface area contributed by atoms with E-state index < -0.39 is 5.76 Å². The molecule has 0 fully saturated rings. The maximum Gasteiger partial charge on any atom is 0.420 e. The molecule has 3 heterocycles. The number of oxazole rings is 1. The summed E-state index contributed by atoms with van der Waals surface area (Å²) in [5.74, 6) is -0.371. The molecule has 0 aliphatic rings. The van der Waals surface area contributed by atoms with Crippen LogP contribution >= 0.6 is 22.9 Å². The Labute approximate surface area is 196 Å². The van der Waals surface area contributed by atoms with Gasteiger partial charge in [0.15, 0.2) is 10.7 Å². The molecule has 0 saturated heterocycles. The van der Waals surface area contributed by atoms with Crippen molar-refractivity contribution in [1.29, 1.82) is 0 Å². The van der Waals surface area contributed by atoms with E-state index in [0.29, 0.717) is 37.2 Å². The molecule has 0 aliphatic carbocycles. The number of halogens is 1. The first-order chi connectivity index (χ1) is 16.0. The molecule has 8 nitrogen and oxygen atoms in total. The van der Waals surface area contributed by atoms with Gasteiger partial charge in [-0.05, 0) is 35.9 Å². The fourth-order valence-electron chi connectivity index (χ4n) is 3.54. The van der Waals surface area contributed by atoms with Crippen LogP contribution in [0.1, 0.15) is 5.56 Å². The summed E-state index contributed by atoms with van der Waals surface area (Å²) in [6, 6.07) is 14.1. The van der Waals surface area contributed by atoms with E-state index in [1.54, 1.807) is 62.0 Å². The zero-order valence-corrected chi connectivity index (χ0v) is 19.0. The molecule has 0 atom stereocenters. The molecule has 1 amide bonds. The number of amides is 1. The third-order valence-electron chi connectivity index (χ3n) is 5.13. The van der Waals surface area contributed by atoms with Gasteiger partial charge in [0, 0.05) is 12.4 Å². The number of anilines is 1. The van der Waals surface area contributed by atoms with E-state index in [-0.39, 0.29) is 19.0 Å². The van der Waals surface area contributed by atoms with Gasteiger partial charge in [0.1, 0.15) is 17.8 Å². The Morgan fingerprint density at radius 1 is 1.21 bits per heavy atom. The Hall–Kier alpha value is -3.69. The molecule has 0 unspecified atom stereocenters. The Morgan fingerprint density at radius 3 is 2.85 bits per heavy atom. The van der Waals surface area contributed by atoms with E-state index >= 15 is 0 Å². The minimum Gasteiger partial charge on any atom is -0.494 e. The number of pyridine rings is 1. The van der Waals surface area contributed by atoms with Gasteiger partial charge in [-0.15, -0.1) is 0 Å². The van der Waals surface area contributed by atoms with Crippen molar-refractivity contribution in [2.24, 2.45) is 0 Å². The van der Waals surface area contributed by atoms with Gasteiger partial charge >= 0.3 is 5.76 Å². The lowest BCUT2D eigenvalue weighted by atomic mass is 10.2. The van der Waals surface area contributed by atoms with E-state index in [9.17, 15) is 9.59 Å². The van der Waals surface area contributed by atoms with Crippen LogP contribution in [-0.4, -0.2) is 27.6 Å². The van der Waals surface area contributed by atoms with Crippen molar-refractivity contribution in [3.05, 3.63) is 82.1 Å². The number of carbonyl (C=O) groups is 1. The number of rotatable bonds is 6. The average Bonchev–Trinajstić information content (AvgIpc) is 3.41. The highest BCUT2D eigenvalue weighted by molar-refractivity contribution is 7.23. The van der Waals surface area contributed by atoms with Gasteiger partial charge in [0.05, 0.1) is 28.9 Å². The van der Waals surface area contributed by atoms with Gasteiger partial charge < -0.3 is 9.15 Å². The highest BCUT2D eigenvalue weighted by Gasteiger charge is 2.24. The van der Waals surface area contributed by atoms with Crippen molar-refractivity contribution < 1.29 is 13.9 Å². The molecule has 5 rings (SSSR count).